The van der Waals surface area contributed by atoms with E-state index >= 15 is 0 Å². The lowest BCUT2D eigenvalue weighted by Gasteiger charge is -2.01. The van der Waals surface area contributed by atoms with Gasteiger partial charge in [-0.15, -0.1) is 0 Å². The number of hydrogen-bond acceptors (Lipinski definition) is 3. The molecular formula is C11H12N2O4. The molecule has 6 nitrogen and oxygen atoms in total. The number of carboxylic acid groups (broad SMARTS) is 1. The Hall–Kier alpha value is -2.08. The average molecular weight is 236 g/mol. The Labute approximate surface area is 96.2 Å². The van der Waals surface area contributed by atoms with Gasteiger partial charge in [0.1, 0.15) is 6.61 Å². The maximum absolute atomic E-state index is 11.0. The number of H-pyrrole nitrogens is 2. The van der Waals surface area contributed by atoms with Gasteiger partial charge in [-0.2, -0.15) is 0 Å². The van der Waals surface area contributed by atoms with Crippen molar-refractivity contribution < 1.29 is 14.6 Å². The number of carboxylic acids is 1. The average Bonchev–Trinajstić information content (AvgIpc) is 2.63. The summed E-state index contributed by atoms with van der Waals surface area (Å²) in [6.07, 6.45) is 0.608. The summed E-state index contributed by atoms with van der Waals surface area (Å²) < 4.78 is 4.94. The molecule has 1 aromatic carbocycles. The Balaban J connectivity index is 1.99. The summed E-state index contributed by atoms with van der Waals surface area (Å²) in [7, 11) is 0. The Kier molecular flexibility index (Phi) is 3.24. The number of nitrogens with one attached hydrogen (secondary N) is 2. The number of rotatable bonds is 5. The first kappa shape index (κ1) is 11.4. The Bertz CT molecular complexity index is 584. The highest BCUT2D eigenvalue weighted by Crippen LogP contribution is 2.10. The van der Waals surface area contributed by atoms with Gasteiger partial charge in [0, 0.05) is 0 Å². The molecule has 0 fully saturated rings. The number of hydrogen-bond donors (Lipinski definition) is 3. The molecule has 3 N–H and O–H groups in total. The van der Waals surface area contributed by atoms with E-state index < -0.39 is 5.97 Å². The van der Waals surface area contributed by atoms with E-state index in [-0.39, 0.29) is 12.3 Å². The van der Waals surface area contributed by atoms with Gasteiger partial charge in [0.25, 0.3) is 0 Å². The molecule has 2 aromatic rings. The molecular weight excluding hydrogens is 224 g/mol. The summed E-state index contributed by atoms with van der Waals surface area (Å²) in [5.41, 5.74) is 2.24. The minimum absolute atomic E-state index is 0.237. The molecule has 0 radical (unpaired) electrons. The van der Waals surface area contributed by atoms with Crippen LogP contribution in [0.2, 0.25) is 0 Å². The molecule has 0 spiro atoms. The molecule has 17 heavy (non-hydrogen) atoms. The monoisotopic (exact) mass is 236 g/mol. The third-order valence-corrected chi connectivity index (χ3v) is 2.34. The Morgan fingerprint density at radius 2 is 2.06 bits per heavy atom. The van der Waals surface area contributed by atoms with E-state index in [2.05, 4.69) is 9.97 Å². The standard InChI is InChI=1S/C11H12N2O4/c14-10(15)6-17-4-3-7-1-2-8-9(5-7)13-11(16)12-8/h1-2,5H,3-4,6H2,(H,14,15)(H2,12,13,16). The van der Waals surface area contributed by atoms with E-state index in [0.717, 1.165) is 16.6 Å². The SMILES string of the molecule is O=C(O)COCCc1ccc2[nH]c(=O)[nH]c2c1. The number of aromatic nitrogens is 2. The summed E-state index contributed by atoms with van der Waals surface area (Å²) in [4.78, 5) is 26.6. The third kappa shape index (κ3) is 2.94. The molecule has 0 amide bonds. The second-order valence-electron chi connectivity index (χ2n) is 3.66. The van der Waals surface area contributed by atoms with Crippen LogP contribution in [0.4, 0.5) is 0 Å². The molecule has 0 atom stereocenters. The van der Waals surface area contributed by atoms with E-state index in [4.69, 9.17) is 9.84 Å². The van der Waals surface area contributed by atoms with Crippen molar-refractivity contribution in [2.45, 2.75) is 6.42 Å². The van der Waals surface area contributed by atoms with Gasteiger partial charge in [0.2, 0.25) is 0 Å². The van der Waals surface area contributed by atoms with Crippen LogP contribution in [0.3, 0.4) is 0 Å². The predicted molar refractivity (Wildman–Crippen MR) is 61.1 cm³/mol. The molecule has 0 unspecified atom stereocenters. The van der Waals surface area contributed by atoms with Gasteiger partial charge in [-0.3, -0.25) is 0 Å². The summed E-state index contributed by atoms with van der Waals surface area (Å²) in [6.45, 7) is 0.0513. The van der Waals surface area contributed by atoms with Gasteiger partial charge >= 0.3 is 11.7 Å². The normalized spacial score (nSPS) is 10.8. The lowest BCUT2D eigenvalue weighted by Crippen LogP contribution is -2.08. The zero-order valence-corrected chi connectivity index (χ0v) is 9.03. The molecule has 0 aliphatic rings. The second-order valence-corrected chi connectivity index (χ2v) is 3.66. The van der Waals surface area contributed by atoms with Gasteiger partial charge in [-0.25, -0.2) is 9.59 Å². The summed E-state index contributed by atoms with van der Waals surface area (Å²) in [5.74, 6) is -0.976. The number of ether oxygens (including phenoxy) is 1. The highest BCUT2D eigenvalue weighted by molar-refractivity contribution is 5.75. The van der Waals surface area contributed by atoms with Crippen LogP contribution in [0, 0.1) is 0 Å². The quantitative estimate of drug-likeness (QED) is 0.659. The molecule has 0 bridgehead atoms. The first-order chi connectivity index (χ1) is 8.15. The summed E-state index contributed by atoms with van der Waals surface area (Å²) >= 11 is 0. The number of carbonyl (C=O) groups is 1. The van der Waals surface area contributed by atoms with E-state index in [1.807, 2.05) is 12.1 Å². The van der Waals surface area contributed by atoms with Crippen molar-refractivity contribution in [2.24, 2.45) is 0 Å². The zero-order valence-electron chi connectivity index (χ0n) is 9.03. The van der Waals surface area contributed by atoms with Crippen molar-refractivity contribution in [3.8, 4) is 0 Å². The van der Waals surface area contributed by atoms with Crippen molar-refractivity contribution in [1.82, 2.24) is 9.97 Å². The van der Waals surface area contributed by atoms with E-state index in [1.165, 1.54) is 0 Å². The summed E-state index contributed by atoms with van der Waals surface area (Å²) in [5, 5.41) is 8.39. The van der Waals surface area contributed by atoms with Gasteiger partial charge in [-0.05, 0) is 24.1 Å². The number of imidazole rings is 1. The fourth-order valence-electron chi connectivity index (χ4n) is 1.58. The second kappa shape index (κ2) is 4.84. The van der Waals surface area contributed by atoms with Crippen LogP contribution in [-0.4, -0.2) is 34.3 Å². The molecule has 1 heterocycles. The predicted octanol–water partition coefficient (Wildman–Crippen LogP) is 0.500. The van der Waals surface area contributed by atoms with Crippen molar-refractivity contribution in [1.29, 1.82) is 0 Å². The lowest BCUT2D eigenvalue weighted by atomic mass is 10.1. The van der Waals surface area contributed by atoms with Crippen molar-refractivity contribution in [2.75, 3.05) is 13.2 Å². The highest BCUT2D eigenvalue weighted by Gasteiger charge is 2.01. The molecule has 0 saturated carbocycles. The minimum Gasteiger partial charge on any atom is -0.480 e. The van der Waals surface area contributed by atoms with E-state index in [1.54, 1.807) is 6.07 Å². The molecule has 0 aliphatic heterocycles. The number of benzene rings is 1. The largest absolute Gasteiger partial charge is 0.480 e. The maximum atomic E-state index is 11.0. The molecule has 6 heteroatoms. The first-order valence-electron chi connectivity index (χ1n) is 5.15. The van der Waals surface area contributed by atoms with Gasteiger partial charge in [-0.1, -0.05) is 6.07 Å². The molecule has 0 saturated heterocycles. The van der Waals surface area contributed by atoms with Crippen molar-refractivity contribution in [3.63, 3.8) is 0 Å². The number of aliphatic carboxylic acids is 1. The van der Waals surface area contributed by atoms with E-state index in [9.17, 15) is 9.59 Å². The van der Waals surface area contributed by atoms with Gasteiger partial charge in [0.05, 0.1) is 17.6 Å². The van der Waals surface area contributed by atoms with Crippen LogP contribution in [-0.2, 0) is 16.0 Å². The van der Waals surface area contributed by atoms with Gasteiger partial charge < -0.3 is 19.8 Å². The molecule has 2 rings (SSSR count). The molecule has 0 aliphatic carbocycles. The number of fused-ring (bicyclic) bond motifs is 1. The minimum atomic E-state index is -0.976. The Morgan fingerprint density at radius 1 is 1.29 bits per heavy atom. The Morgan fingerprint density at radius 3 is 2.82 bits per heavy atom. The smallest absolute Gasteiger partial charge is 0.329 e. The lowest BCUT2D eigenvalue weighted by molar-refractivity contribution is -0.142. The van der Waals surface area contributed by atoms with Gasteiger partial charge in [0.15, 0.2) is 0 Å². The van der Waals surface area contributed by atoms with Crippen LogP contribution in [0.1, 0.15) is 5.56 Å². The van der Waals surface area contributed by atoms with E-state index in [0.29, 0.717) is 13.0 Å². The molecule has 90 valence electrons. The van der Waals surface area contributed by atoms with Crippen LogP contribution in [0.5, 0.6) is 0 Å². The van der Waals surface area contributed by atoms with Crippen molar-refractivity contribution in [3.05, 3.63) is 34.2 Å². The zero-order chi connectivity index (χ0) is 12.3. The molecule has 1 aromatic heterocycles. The van der Waals surface area contributed by atoms with Crippen molar-refractivity contribution >= 4 is 17.0 Å². The van der Waals surface area contributed by atoms with Crippen LogP contribution >= 0.6 is 0 Å². The third-order valence-electron chi connectivity index (χ3n) is 2.34. The van der Waals surface area contributed by atoms with Crippen LogP contribution < -0.4 is 5.69 Å². The van der Waals surface area contributed by atoms with Crippen LogP contribution in [0.25, 0.3) is 11.0 Å². The highest BCUT2D eigenvalue weighted by atomic mass is 16.5. The topological polar surface area (TPSA) is 95.2 Å². The van der Waals surface area contributed by atoms with Crippen LogP contribution in [0.15, 0.2) is 23.0 Å². The maximum Gasteiger partial charge on any atom is 0.329 e. The summed E-state index contributed by atoms with van der Waals surface area (Å²) in [6, 6.07) is 5.52. The number of aromatic amines is 2. The fraction of sp³-hybridized carbons (Fsp3) is 0.273. The fourth-order valence-corrected chi connectivity index (χ4v) is 1.58. The first-order valence-corrected chi connectivity index (χ1v) is 5.15.